The van der Waals surface area contributed by atoms with E-state index < -0.39 is 32.5 Å². The third-order valence-corrected chi connectivity index (χ3v) is 10.0. The summed E-state index contributed by atoms with van der Waals surface area (Å²) in [7, 11) is -4.38. The molecular formula is C43H80NO8P. The number of allylic oxidation sites excluding steroid dienone is 6. The van der Waals surface area contributed by atoms with Crippen LogP contribution in [-0.2, 0) is 32.7 Å². The molecular weight excluding hydrogens is 689 g/mol. The smallest absolute Gasteiger partial charge is 0.462 e. The van der Waals surface area contributed by atoms with Gasteiger partial charge >= 0.3 is 19.8 Å². The molecule has 10 heteroatoms. The van der Waals surface area contributed by atoms with Crippen molar-refractivity contribution in [3.8, 4) is 0 Å². The highest BCUT2D eigenvalue weighted by atomic mass is 31.2. The summed E-state index contributed by atoms with van der Waals surface area (Å²) in [4.78, 5) is 34.8. The maximum absolute atomic E-state index is 12.6. The van der Waals surface area contributed by atoms with Gasteiger partial charge in [0.1, 0.15) is 6.61 Å². The molecule has 0 saturated carbocycles. The van der Waals surface area contributed by atoms with E-state index in [2.05, 4.69) is 50.3 Å². The Labute approximate surface area is 324 Å². The predicted octanol–water partition coefficient (Wildman–Crippen LogP) is 12.2. The molecule has 3 N–H and O–H groups in total. The van der Waals surface area contributed by atoms with Crippen molar-refractivity contribution in [2.75, 3.05) is 26.4 Å². The van der Waals surface area contributed by atoms with Crippen molar-refractivity contribution in [3.05, 3.63) is 36.5 Å². The fraction of sp³-hybridized carbons (Fsp3) is 0.814. The molecule has 0 aliphatic heterocycles. The van der Waals surface area contributed by atoms with Gasteiger partial charge in [-0.2, -0.15) is 0 Å². The monoisotopic (exact) mass is 770 g/mol. The topological polar surface area (TPSA) is 134 Å². The van der Waals surface area contributed by atoms with Gasteiger partial charge in [-0.1, -0.05) is 166 Å². The molecule has 9 nitrogen and oxygen atoms in total. The summed E-state index contributed by atoms with van der Waals surface area (Å²) in [5.41, 5.74) is 5.34. The van der Waals surface area contributed by atoms with E-state index in [1.807, 2.05) is 0 Å². The summed E-state index contributed by atoms with van der Waals surface area (Å²) in [6.07, 6.45) is 43.2. The van der Waals surface area contributed by atoms with Crippen molar-refractivity contribution in [2.24, 2.45) is 5.73 Å². The molecule has 0 fully saturated rings. The summed E-state index contributed by atoms with van der Waals surface area (Å²) in [5, 5.41) is 0. The van der Waals surface area contributed by atoms with Crippen LogP contribution in [0.1, 0.15) is 194 Å². The molecule has 0 radical (unpaired) electrons. The van der Waals surface area contributed by atoms with Crippen LogP contribution < -0.4 is 5.73 Å². The standard InChI is InChI=1S/C43H80NO8P/c1-3-5-7-9-11-13-15-17-19-20-22-24-26-28-30-32-34-36-43(46)52-41(40-51-53(47,48)50-38-37-44)39-49-42(45)35-33-31-29-27-25-23-21-18-16-14-12-10-8-6-4-2/h12,14,18,21,25,27,41H,3-11,13,15-17,19-20,22-24,26,28-40,44H2,1-2H3,(H,47,48)/b14-12+,21-18+,27-25+/t41-/m1/s1. The van der Waals surface area contributed by atoms with Gasteiger partial charge in [0.25, 0.3) is 0 Å². The van der Waals surface area contributed by atoms with Crippen LogP contribution in [0.25, 0.3) is 0 Å². The summed E-state index contributed by atoms with van der Waals surface area (Å²) in [6, 6.07) is 0. The number of nitrogens with two attached hydrogens (primary N) is 1. The molecule has 1 unspecified atom stereocenters. The van der Waals surface area contributed by atoms with Crippen molar-refractivity contribution in [1.29, 1.82) is 0 Å². The molecule has 0 rings (SSSR count). The van der Waals surface area contributed by atoms with Gasteiger partial charge < -0.3 is 20.1 Å². The number of hydrogen-bond acceptors (Lipinski definition) is 8. The molecule has 0 amide bonds. The maximum atomic E-state index is 12.6. The van der Waals surface area contributed by atoms with Gasteiger partial charge in [0.05, 0.1) is 13.2 Å². The van der Waals surface area contributed by atoms with Crippen LogP contribution in [0.3, 0.4) is 0 Å². The lowest BCUT2D eigenvalue weighted by Crippen LogP contribution is -2.29. The van der Waals surface area contributed by atoms with Crippen LogP contribution in [0, 0.1) is 0 Å². The number of unbranched alkanes of at least 4 members (excludes halogenated alkanes) is 21. The lowest BCUT2D eigenvalue weighted by Gasteiger charge is -2.19. The molecule has 53 heavy (non-hydrogen) atoms. The number of phosphoric ester groups is 1. The summed E-state index contributed by atoms with van der Waals surface area (Å²) < 4.78 is 32.7. The largest absolute Gasteiger partial charge is 0.472 e. The molecule has 0 heterocycles. The zero-order valence-corrected chi connectivity index (χ0v) is 34.9. The van der Waals surface area contributed by atoms with E-state index >= 15 is 0 Å². The van der Waals surface area contributed by atoms with Crippen LogP contribution >= 0.6 is 7.82 Å². The van der Waals surface area contributed by atoms with Crippen LogP contribution in [-0.4, -0.2) is 49.3 Å². The van der Waals surface area contributed by atoms with E-state index in [-0.39, 0.29) is 32.6 Å². The Bertz CT molecular complexity index is 970. The van der Waals surface area contributed by atoms with E-state index in [9.17, 15) is 19.0 Å². The summed E-state index contributed by atoms with van der Waals surface area (Å²) in [5.74, 6) is -0.868. The van der Waals surface area contributed by atoms with Gasteiger partial charge in [0, 0.05) is 19.4 Å². The Hall–Kier alpha value is -1.77. The summed E-state index contributed by atoms with van der Waals surface area (Å²) in [6.45, 7) is 3.67. The second-order valence-corrected chi connectivity index (χ2v) is 15.7. The Balaban J connectivity index is 4.20. The minimum absolute atomic E-state index is 0.0489. The second kappa shape index (κ2) is 39.9. The molecule has 0 aliphatic carbocycles. The Kier molecular flexibility index (Phi) is 38.6. The zero-order valence-electron chi connectivity index (χ0n) is 34.0. The molecule has 0 saturated heterocycles. The minimum Gasteiger partial charge on any atom is -0.462 e. The highest BCUT2D eigenvalue weighted by molar-refractivity contribution is 7.47. The molecule has 0 aliphatic rings. The highest BCUT2D eigenvalue weighted by Crippen LogP contribution is 2.43. The van der Waals surface area contributed by atoms with Crippen molar-refractivity contribution in [3.63, 3.8) is 0 Å². The van der Waals surface area contributed by atoms with Crippen molar-refractivity contribution < 1.29 is 37.6 Å². The fourth-order valence-electron chi connectivity index (χ4n) is 5.82. The van der Waals surface area contributed by atoms with Gasteiger partial charge in [-0.15, -0.1) is 0 Å². The van der Waals surface area contributed by atoms with Gasteiger partial charge in [-0.25, -0.2) is 4.57 Å². The van der Waals surface area contributed by atoms with Crippen LogP contribution in [0.4, 0.5) is 0 Å². The average Bonchev–Trinajstić information content (AvgIpc) is 3.14. The van der Waals surface area contributed by atoms with Gasteiger partial charge in [-0.3, -0.25) is 18.6 Å². The number of phosphoric acid groups is 1. The Morgan fingerprint density at radius 3 is 1.49 bits per heavy atom. The van der Waals surface area contributed by atoms with Crippen molar-refractivity contribution in [1.82, 2.24) is 0 Å². The zero-order chi connectivity index (χ0) is 38.9. The normalized spacial score (nSPS) is 13.7. The van der Waals surface area contributed by atoms with Crippen LogP contribution in [0.2, 0.25) is 0 Å². The number of ether oxygens (including phenoxy) is 2. The molecule has 0 spiro atoms. The lowest BCUT2D eigenvalue weighted by atomic mass is 10.0. The summed E-state index contributed by atoms with van der Waals surface area (Å²) >= 11 is 0. The third kappa shape index (κ3) is 39.7. The number of hydrogen-bond donors (Lipinski definition) is 2. The van der Waals surface area contributed by atoms with Crippen LogP contribution in [0.5, 0.6) is 0 Å². The number of rotatable bonds is 40. The number of carbonyl (C=O) groups excluding carboxylic acids is 2. The Morgan fingerprint density at radius 2 is 0.981 bits per heavy atom. The SMILES string of the molecule is CCCCC/C=C/C/C=C/C/C=C/CCCCC(=O)OC[C@H](COP(=O)(O)OCCN)OC(=O)CCCCCCCCCCCCCCCCCCC. The highest BCUT2D eigenvalue weighted by Gasteiger charge is 2.26. The van der Waals surface area contributed by atoms with Gasteiger partial charge in [-0.05, 0) is 51.4 Å². The molecule has 0 bridgehead atoms. The van der Waals surface area contributed by atoms with E-state index in [1.165, 1.54) is 109 Å². The molecule has 0 aromatic carbocycles. The van der Waals surface area contributed by atoms with Gasteiger partial charge in [0.2, 0.25) is 0 Å². The maximum Gasteiger partial charge on any atom is 0.472 e. The van der Waals surface area contributed by atoms with E-state index in [0.717, 1.165) is 44.9 Å². The molecule has 310 valence electrons. The number of carbonyl (C=O) groups is 2. The first kappa shape index (κ1) is 51.2. The van der Waals surface area contributed by atoms with E-state index in [0.29, 0.717) is 12.8 Å². The van der Waals surface area contributed by atoms with Crippen molar-refractivity contribution >= 4 is 19.8 Å². The number of esters is 2. The first-order valence-electron chi connectivity index (χ1n) is 21.5. The first-order valence-corrected chi connectivity index (χ1v) is 23.0. The molecule has 2 atom stereocenters. The third-order valence-electron chi connectivity index (χ3n) is 9.03. The van der Waals surface area contributed by atoms with E-state index in [1.54, 1.807) is 0 Å². The second-order valence-electron chi connectivity index (χ2n) is 14.2. The minimum atomic E-state index is -4.38. The lowest BCUT2D eigenvalue weighted by molar-refractivity contribution is -0.161. The first-order chi connectivity index (χ1) is 25.8. The van der Waals surface area contributed by atoms with E-state index in [4.69, 9.17) is 24.3 Å². The molecule has 0 aromatic heterocycles. The van der Waals surface area contributed by atoms with Crippen molar-refractivity contribution in [2.45, 2.75) is 200 Å². The average molecular weight is 770 g/mol. The van der Waals surface area contributed by atoms with Crippen LogP contribution in [0.15, 0.2) is 36.5 Å². The fourth-order valence-corrected chi connectivity index (χ4v) is 6.58. The molecule has 0 aromatic rings. The van der Waals surface area contributed by atoms with Gasteiger partial charge in [0.15, 0.2) is 6.10 Å². The predicted molar refractivity (Wildman–Crippen MR) is 220 cm³/mol. The quantitative estimate of drug-likeness (QED) is 0.0270. The Morgan fingerprint density at radius 1 is 0.566 bits per heavy atom.